The number of anilines is 1. The van der Waals surface area contributed by atoms with Gasteiger partial charge in [-0.1, -0.05) is 90.5 Å². The normalized spacial score (nSPS) is 11.2. The van der Waals surface area contributed by atoms with E-state index >= 15 is 0 Å². The molecule has 36 heavy (non-hydrogen) atoms. The molecule has 4 aromatic rings. The summed E-state index contributed by atoms with van der Waals surface area (Å²) < 4.78 is 33.5. The number of hydrogen-bond acceptors (Lipinski definition) is 4. The average molecular weight is 521 g/mol. The molecular formula is C28H25ClN2O4S. The number of methoxy groups -OCH3 is 1. The summed E-state index contributed by atoms with van der Waals surface area (Å²) >= 11 is 6.30. The van der Waals surface area contributed by atoms with E-state index in [1.54, 1.807) is 30.3 Å². The summed E-state index contributed by atoms with van der Waals surface area (Å²) in [6.45, 7) is -0.448. The van der Waals surface area contributed by atoms with Gasteiger partial charge in [0.15, 0.2) is 0 Å². The van der Waals surface area contributed by atoms with Crippen molar-refractivity contribution in [1.82, 2.24) is 5.32 Å². The summed E-state index contributed by atoms with van der Waals surface area (Å²) in [6, 6.07) is 31.1. The van der Waals surface area contributed by atoms with Crippen LogP contribution in [-0.4, -0.2) is 28.0 Å². The maximum absolute atomic E-state index is 13.6. The lowest BCUT2D eigenvalue weighted by molar-refractivity contribution is -0.120. The van der Waals surface area contributed by atoms with Gasteiger partial charge in [0.2, 0.25) is 5.91 Å². The molecule has 1 N–H and O–H groups in total. The molecule has 0 aliphatic heterocycles. The quantitative estimate of drug-likeness (QED) is 0.318. The summed E-state index contributed by atoms with van der Waals surface area (Å²) in [4.78, 5) is 13.5. The van der Waals surface area contributed by atoms with Crippen molar-refractivity contribution in [3.8, 4) is 5.75 Å². The molecule has 0 saturated heterocycles. The third-order valence-electron chi connectivity index (χ3n) is 5.61. The fourth-order valence-electron chi connectivity index (χ4n) is 3.83. The van der Waals surface area contributed by atoms with Crippen molar-refractivity contribution >= 4 is 33.2 Å². The highest BCUT2D eigenvalue weighted by Gasteiger charge is 2.29. The van der Waals surface area contributed by atoms with Crippen LogP contribution < -0.4 is 14.4 Å². The summed E-state index contributed by atoms with van der Waals surface area (Å²) in [5.41, 5.74) is 2.00. The maximum atomic E-state index is 13.6. The number of carbonyl (C=O) groups is 1. The third-order valence-corrected chi connectivity index (χ3v) is 7.70. The van der Waals surface area contributed by atoms with E-state index in [1.807, 2.05) is 60.7 Å². The molecule has 4 aromatic carbocycles. The van der Waals surface area contributed by atoms with Crippen molar-refractivity contribution in [1.29, 1.82) is 0 Å². The minimum Gasteiger partial charge on any atom is -0.495 e. The molecule has 4 rings (SSSR count). The second kappa shape index (κ2) is 11.3. The molecule has 0 aromatic heterocycles. The number of sulfonamides is 1. The zero-order valence-corrected chi connectivity index (χ0v) is 21.1. The first kappa shape index (κ1) is 25.3. The summed E-state index contributed by atoms with van der Waals surface area (Å²) in [5, 5.41) is 3.24. The van der Waals surface area contributed by atoms with Gasteiger partial charge in [0.05, 0.1) is 28.8 Å². The van der Waals surface area contributed by atoms with E-state index < -0.39 is 28.5 Å². The van der Waals surface area contributed by atoms with Crippen molar-refractivity contribution in [3.05, 3.63) is 125 Å². The van der Waals surface area contributed by atoms with E-state index in [9.17, 15) is 13.2 Å². The van der Waals surface area contributed by atoms with Crippen LogP contribution in [0.4, 0.5) is 5.69 Å². The average Bonchev–Trinajstić information content (AvgIpc) is 2.91. The Labute approximate surface area is 216 Å². The molecule has 0 unspecified atom stereocenters. The van der Waals surface area contributed by atoms with E-state index in [4.69, 9.17) is 16.3 Å². The van der Waals surface area contributed by atoms with Gasteiger partial charge >= 0.3 is 0 Å². The highest BCUT2D eigenvalue weighted by molar-refractivity contribution is 7.92. The van der Waals surface area contributed by atoms with Gasteiger partial charge in [-0.3, -0.25) is 9.10 Å². The molecule has 0 bridgehead atoms. The van der Waals surface area contributed by atoms with Crippen molar-refractivity contribution in [2.75, 3.05) is 18.0 Å². The Bertz CT molecular complexity index is 1380. The fourth-order valence-corrected chi connectivity index (χ4v) is 5.52. The van der Waals surface area contributed by atoms with Gasteiger partial charge in [-0.25, -0.2) is 8.42 Å². The summed E-state index contributed by atoms with van der Waals surface area (Å²) in [5.74, 6) is -0.0747. The second-order valence-corrected chi connectivity index (χ2v) is 10.2. The molecule has 0 radical (unpaired) electrons. The molecule has 1 amide bonds. The number of nitrogens with zero attached hydrogens (tertiary/aromatic N) is 1. The standard InChI is InChI=1S/C28H25ClN2O4S/c1-35-26-18-17-23(19-25(26)29)31(36(33,34)24-15-9-4-10-16-24)20-27(32)30-28(21-11-5-2-6-12-21)22-13-7-3-8-14-22/h2-19,28H,20H2,1H3,(H,30,32). The number of ether oxygens (including phenoxy) is 1. The number of carbonyl (C=O) groups excluding carboxylic acids is 1. The zero-order valence-electron chi connectivity index (χ0n) is 19.5. The van der Waals surface area contributed by atoms with Gasteiger partial charge in [-0.15, -0.1) is 0 Å². The molecule has 0 aliphatic carbocycles. The Kier molecular flexibility index (Phi) is 7.93. The highest BCUT2D eigenvalue weighted by Crippen LogP contribution is 2.32. The number of halogens is 1. The van der Waals surface area contributed by atoms with Crippen molar-refractivity contribution in [2.45, 2.75) is 10.9 Å². The van der Waals surface area contributed by atoms with Gasteiger partial charge in [-0.2, -0.15) is 0 Å². The fraction of sp³-hybridized carbons (Fsp3) is 0.107. The van der Waals surface area contributed by atoms with Gasteiger partial charge in [0.1, 0.15) is 12.3 Å². The number of hydrogen-bond donors (Lipinski definition) is 1. The van der Waals surface area contributed by atoms with Gasteiger partial charge in [-0.05, 0) is 41.5 Å². The molecular weight excluding hydrogens is 496 g/mol. The molecule has 0 saturated carbocycles. The zero-order chi connectivity index (χ0) is 25.5. The molecule has 8 heteroatoms. The predicted octanol–water partition coefficient (Wildman–Crippen LogP) is 5.45. The van der Waals surface area contributed by atoms with E-state index in [0.29, 0.717) is 5.75 Å². The maximum Gasteiger partial charge on any atom is 0.264 e. The topological polar surface area (TPSA) is 75.7 Å². The Morgan fingerprint density at radius 1 is 0.861 bits per heavy atom. The van der Waals surface area contributed by atoms with Crippen molar-refractivity contribution < 1.29 is 17.9 Å². The van der Waals surface area contributed by atoms with Gasteiger partial charge < -0.3 is 10.1 Å². The molecule has 0 heterocycles. The minimum absolute atomic E-state index is 0.0624. The van der Waals surface area contributed by atoms with Crippen LogP contribution in [-0.2, 0) is 14.8 Å². The van der Waals surface area contributed by atoms with Crippen LogP contribution >= 0.6 is 11.6 Å². The van der Waals surface area contributed by atoms with E-state index in [-0.39, 0.29) is 15.6 Å². The van der Waals surface area contributed by atoms with E-state index in [1.165, 1.54) is 25.3 Å². The van der Waals surface area contributed by atoms with Gasteiger partial charge in [0, 0.05) is 0 Å². The van der Waals surface area contributed by atoms with Crippen molar-refractivity contribution in [3.63, 3.8) is 0 Å². The van der Waals surface area contributed by atoms with E-state index in [0.717, 1.165) is 15.4 Å². The van der Waals surface area contributed by atoms with E-state index in [2.05, 4.69) is 5.32 Å². The lowest BCUT2D eigenvalue weighted by Gasteiger charge is -2.26. The number of amides is 1. The van der Waals surface area contributed by atoms with Crippen LogP contribution in [0.15, 0.2) is 114 Å². The Hall–Kier alpha value is -3.81. The summed E-state index contributed by atoms with van der Waals surface area (Å²) in [7, 11) is -2.61. The van der Waals surface area contributed by atoms with Crippen molar-refractivity contribution in [2.24, 2.45) is 0 Å². The molecule has 6 nitrogen and oxygen atoms in total. The largest absolute Gasteiger partial charge is 0.495 e. The van der Waals surface area contributed by atoms with Crippen LogP contribution in [0.1, 0.15) is 17.2 Å². The third kappa shape index (κ3) is 5.70. The predicted molar refractivity (Wildman–Crippen MR) is 142 cm³/mol. The lowest BCUT2D eigenvalue weighted by atomic mass is 9.99. The monoisotopic (exact) mass is 520 g/mol. The number of rotatable bonds is 9. The molecule has 0 atom stereocenters. The minimum atomic E-state index is -4.08. The Morgan fingerprint density at radius 3 is 1.89 bits per heavy atom. The Balaban J connectivity index is 1.70. The number of nitrogens with one attached hydrogen (secondary N) is 1. The first-order chi connectivity index (χ1) is 17.4. The van der Waals surface area contributed by atoms with Crippen LogP contribution in [0.5, 0.6) is 5.75 Å². The Morgan fingerprint density at radius 2 is 1.39 bits per heavy atom. The molecule has 184 valence electrons. The van der Waals surface area contributed by atoms with Crippen LogP contribution in [0.3, 0.4) is 0 Å². The smallest absolute Gasteiger partial charge is 0.264 e. The van der Waals surface area contributed by atoms with Gasteiger partial charge in [0.25, 0.3) is 10.0 Å². The molecule has 0 spiro atoms. The molecule has 0 fully saturated rings. The highest BCUT2D eigenvalue weighted by atomic mass is 35.5. The lowest BCUT2D eigenvalue weighted by Crippen LogP contribution is -2.42. The van der Waals surface area contributed by atoms with Crippen LogP contribution in [0.25, 0.3) is 0 Å². The second-order valence-electron chi connectivity index (χ2n) is 7.97. The first-order valence-electron chi connectivity index (χ1n) is 11.2. The van der Waals surface area contributed by atoms with Crippen LogP contribution in [0, 0.1) is 0 Å². The SMILES string of the molecule is COc1ccc(N(CC(=O)NC(c2ccccc2)c2ccccc2)S(=O)(=O)c2ccccc2)cc1Cl. The molecule has 0 aliphatic rings. The van der Waals surface area contributed by atoms with Crippen LogP contribution in [0.2, 0.25) is 5.02 Å². The summed E-state index contributed by atoms with van der Waals surface area (Å²) in [6.07, 6.45) is 0. The number of benzene rings is 4. The first-order valence-corrected chi connectivity index (χ1v) is 13.0.